The van der Waals surface area contributed by atoms with Gasteiger partial charge >= 0.3 is 0 Å². The van der Waals surface area contributed by atoms with Crippen molar-refractivity contribution in [3.63, 3.8) is 0 Å². The Morgan fingerprint density at radius 1 is 1.12 bits per heavy atom. The van der Waals surface area contributed by atoms with Crippen LogP contribution in [0, 0.1) is 5.92 Å². The molecule has 1 saturated heterocycles. The van der Waals surface area contributed by atoms with Crippen molar-refractivity contribution in [1.29, 1.82) is 0 Å². The summed E-state index contributed by atoms with van der Waals surface area (Å²) >= 11 is 0. The molecule has 146 valence electrons. The minimum absolute atomic E-state index is 0. The van der Waals surface area contributed by atoms with Crippen molar-refractivity contribution in [1.82, 2.24) is 14.9 Å². The quantitative estimate of drug-likeness (QED) is 0.688. The average molecular weight is 412 g/mol. The van der Waals surface area contributed by atoms with Crippen LogP contribution in [0.1, 0.15) is 25.8 Å². The highest BCUT2D eigenvalue weighted by molar-refractivity contribution is 7.89. The molecule has 0 radical (unpaired) electrons. The number of piperazine rings is 1. The molecule has 0 bridgehead atoms. The third kappa shape index (κ3) is 8.71. The summed E-state index contributed by atoms with van der Waals surface area (Å²) in [6, 6.07) is 7.27. The van der Waals surface area contributed by atoms with Gasteiger partial charge in [-0.05, 0) is 36.5 Å². The van der Waals surface area contributed by atoms with Crippen LogP contribution in [-0.2, 0) is 16.4 Å². The van der Waals surface area contributed by atoms with Crippen molar-refractivity contribution < 1.29 is 8.42 Å². The topological polar surface area (TPSA) is 61.4 Å². The maximum absolute atomic E-state index is 12.3. The highest BCUT2D eigenvalue weighted by Gasteiger charge is 2.15. The van der Waals surface area contributed by atoms with Gasteiger partial charge in [-0.1, -0.05) is 26.0 Å². The second-order valence-electron chi connectivity index (χ2n) is 6.57. The molecule has 0 amide bonds. The first-order valence-electron chi connectivity index (χ1n) is 8.49. The number of rotatable bonds is 8. The smallest absolute Gasteiger partial charge is 0.240 e. The van der Waals surface area contributed by atoms with E-state index in [1.165, 1.54) is 5.56 Å². The van der Waals surface area contributed by atoms with E-state index in [0.717, 1.165) is 45.6 Å². The molecule has 1 aliphatic rings. The SMILES string of the molecule is CC(C)CCc1ccc(S(=O)(=O)NCCN2CCNCC2)cc1.Cl.Cl. The van der Waals surface area contributed by atoms with Crippen LogP contribution >= 0.6 is 24.8 Å². The van der Waals surface area contributed by atoms with Gasteiger partial charge in [0.25, 0.3) is 0 Å². The van der Waals surface area contributed by atoms with Crippen molar-refractivity contribution in [2.75, 3.05) is 39.3 Å². The lowest BCUT2D eigenvalue weighted by Gasteiger charge is -2.27. The van der Waals surface area contributed by atoms with Gasteiger partial charge in [0, 0.05) is 39.3 Å². The minimum atomic E-state index is -3.40. The van der Waals surface area contributed by atoms with E-state index < -0.39 is 10.0 Å². The fraction of sp³-hybridized carbons (Fsp3) is 0.647. The predicted octanol–water partition coefficient (Wildman–Crippen LogP) is 2.30. The van der Waals surface area contributed by atoms with Gasteiger partial charge in [0.2, 0.25) is 10.0 Å². The molecule has 2 rings (SSSR count). The Hall–Kier alpha value is -0.370. The van der Waals surface area contributed by atoms with E-state index in [2.05, 4.69) is 28.8 Å². The van der Waals surface area contributed by atoms with Crippen LogP contribution in [0.4, 0.5) is 0 Å². The molecule has 1 aromatic rings. The number of aryl methyl sites for hydroxylation is 1. The molecule has 1 heterocycles. The first kappa shape index (κ1) is 24.6. The number of hydrogen-bond acceptors (Lipinski definition) is 4. The summed E-state index contributed by atoms with van der Waals surface area (Å²) in [6.45, 7) is 9.51. The minimum Gasteiger partial charge on any atom is -0.314 e. The Balaban J connectivity index is 0.00000288. The van der Waals surface area contributed by atoms with E-state index >= 15 is 0 Å². The zero-order chi connectivity index (χ0) is 16.7. The maximum atomic E-state index is 12.3. The molecule has 0 saturated carbocycles. The highest BCUT2D eigenvalue weighted by atomic mass is 35.5. The lowest BCUT2D eigenvalue weighted by Crippen LogP contribution is -2.46. The van der Waals surface area contributed by atoms with E-state index in [0.29, 0.717) is 17.4 Å². The first-order chi connectivity index (χ1) is 11.0. The normalized spacial score (nSPS) is 15.5. The molecule has 2 N–H and O–H groups in total. The summed E-state index contributed by atoms with van der Waals surface area (Å²) in [4.78, 5) is 2.62. The van der Waals surface area contributed by atoms with Crippen LogP contribution in [0.5, 0.6) is 0 Å². The number of halogens is 2. The maximum Gasteiger partial charge on any atom is 0.240 e. The van der Waals surface area contributed by atoms with Crippen LogP contribution in [0.3, 0.4) is 0 Å². The van der Waals surface area contributed by atoms with E-state index in [1.807, 2.05) is 12.1 Å². The summed E-state index contributed by atoms with van der Waals surface area (Å²) < 4.78 is 27.3. The summed E-state index contributed by atoms with van der Waals surface area (Å²) in [7, 11) is -3.40. The first-order valence-corrected chi connectivity index (χ1v) is 9.97. The fourth-order valence-corrected chi connectivity index (χ4v) is 3.67. The molecule has 0 atom stereocenters. The molecule has 0 aliphatic carbocycles. The third-order valence-electron chi connectivity index (χ3n) is 4.17. The van der Waals surface area contributed by atoms with Gasteiger partial charge in [0.05, 0.1) is 4.90 Å². The van der Waals surface area contributed by atoms with Crippen LogP contribution < -0.4 is 10.0 Å². The van der Waals surface area contributed by atoms with Crippen LogP contribution in [0.2, 0.25) is 0 Å². The summed E-state index contributed by atoms with van der Waals surface area (Å²) in [5.41, 5.74) is 1.19. The largest absolute Gasteiger partial charge is 0.314 e. The number of benzene rings is 1. The zero-order valence-electron chi connectivity index (χ0n) is 15.0. The number of sulfonamides is 1. The Morgan fingerprint density at radius 3 is 2.28 bits per heavy atom. The molecular formula is C17H31Cl2N3O2S. The molecule has 25 heavy (non-hydrogen) atoms. The Bertz CT molecular complexity index is 574. The average Bonchev–Trinajstić information content (AvgIpc) is 2.54. The second-order valence-corrected chi connectivity index (χ2v) is 8.33. The molecule has 1 aliphatic heterocycles. The van der Waals surface area contributed by atoms with Crippen LogP contribution in [0.25, 0.3) is 0 Å². The summed E-state index contributed by atoms with van der Waals surface area (Å²) in [5.74, 6) is 0.657. The van der Waals surface area contributed by atoms with Crippen molar-refractivity contribution in [2.24, 2.45) is 5.92 Å². The van der Waals surface area contributed by atoms with E-state index in [1.54, 1.807) is 12.1 Å². The number of nitrogens with zero attached hydrogens (tertiary/aromatic N) is 1. The molecule has 1 aromatic carbocycles. The monoisotopic (exact) mass is 411 g/mol. The fourth-order valence-electron chi connectivity index (χ4n) is 2.65. The van der Waals surface area contributed by atoms with Gasteiger partial charge in [0.15, 0.2) is 0 Å². The summed E-state index contributed by atoms with van der Waals surface area (Å²) in [6.07, 6.45) is 2.11. The Morgan fingerprint density at radius 2 is 1.72 bits per heavy atom. The van der Waals surface area contributed by atoms with Gasteiger partial charge < -0.3 is 5.32 Å². The van der Waals surface area contributed by atoms with E-state index in [4.69, 9.17) is 0 Å². The van der Waals surface area contributed by atoms with Crippen LogP contribution in [0.15, 0.2) is 29.2 Å². The number of nitrogens with one attached hydrogen (secondary N) is 2. The molecule has 8 heteroatoms. The molecule has 0 aromatic heterocycles. The highest BCUT2D eigenvalue weighted by Crippen LogP contribution is 2.13. The van der Waals surface area contributed by atoms with Crippen molar-refractivity contribution in [3.8, 4) is 0 Å². The zero-order valence-corrected chi connectivity index (χ0v) is 17.5. The van der Waals surface area contributed by atoms with Gasteiger partial charge in [0.1, 0.15) is 0 Å². The van der Waals surface area contributed by atoms with Gasteiger partial charge in [-0.2, -0.15) is 0 Å². The molecular weight excluding hydrogens is 381 g/mol. The van der Waals surface area contributed by atoms with Crippen LogP contribution in [-0.4, -0.2) is 52.6 Å². The third-order valence-corrected chi connectivity index (χ3v) is 5.65. The second kappa shape index (κ2) is 12.1. The molecule has 0 unspecified atom stereocenters. The van der Waals surface area contributed by atoms with Gasteiger partial charge in [-0.25, -0.2) is 13.1 Å². The Labute approximate surface area is 164 Å². The molecule has 0 spiro atoms. The van der Waals surface area contributed by atoms with Crippen molar-refractivity contribution in [2.45, 2.75) is 31.6 Å². The van der Waals surface area contributed by atoms with Gasteiger partial charge in [-0.3, -0.25) is 4.90 Å². The number of hydrogen-bond donors (Lipinski definition) is 2. The van der Waals surface area contributed by atoms with E-state index in [-0.39, 0.29) is 24.8 Å². The lowest BCUT2D eigenvalue weighted by atomic mass is 10.0. The molecule has 5 nitrogen and oxygen atoms in total. The van der Waals surface area contributed by atoms with Crippen molar-refractivity contribution in [3.05, 3.63) is 29.8 Å². The van der Waals surface area contributed by atoms with E-state index in [9.17, 15) is 8.42 Å². The van der Waals surface area contributed by atoms with Crippen molar-refractivity contribution >= 4 is 34.8 Å². The standard InChI is InChI=1S/C17H29N3O2S.2ClH/c1-15(2)3-4-16-5-7-17(8-6-16)23(21,22)19-11-14-20-12-9-18-10-13-20;;/h5-8,15,18-19H,3-4,9-14H2,1-2H3;2*1H. The Kier molecular flexibility index (Phi) is 11.9. The van der Waals surface area contributed by atoms with Gasteiger partial charge in [-0.15, -0.1) is 24.8 Å². The lowest BCUT2D eigenvalue weighted by molar-refractivity contribution is 0.245. The predicted molar refractivity (Wildman–Crippen MR) is 109 cm³/mol. The molecule has 1 fully saturated rings. The summed E-state index contributed by atoms with van der Waals surface area (Å²) in [5, 5.41) is 3.29.